The highest BCUT2D eigenvalue weighted by Crippen LogP contribution is 2.18. The molecular formula is C31H58O6. The topological polar surface area (TPSA) is 78.9 Å². The van der Waals surface area contributed by atoms with Crippen LogP contribution in [0.4, 0.5) is 0 Å². The lowest BCUT2D eigenvalue weighted by Gasteiger charge is -2.22. The summed E-state index contributed by atoms with van der Waals surface area (Å²) in [5.74, 6) is -1.20. The van der Waals surface area contributed by atoms with E-state index >= 15 is 0 Å². The van der Waals surface area contributed by atoms with Gasteiger partial charge < -0.3 is 14.2 Å². The van der Waals surface area contributed by atoms with Crippen molar-refractivity contribution < 1.29 is 28.6 Å². The molecule has 37 heavy (non-hydrogen) atoms. The van der Waals surface area contributed by atoms with Gasteiger partial charge in [-0.25, -0.2) is 0 Å². The van der Waals surface area contributed by atoms with Gasteiger partial charge in [0, 0.05) is 6.42 Å². The van der Waals surface area contributed by atoms with Crippen LogP contribution in [0.1, 0.15) is 150 Å². The van der Waals surface area contributed by atoms with Crippen molar-refractivity contribution in [2.45, 2.75) is 156 Å². The summed E-state index contributed by atoms with van der Waals surface area (Å²) in [6.07, 6.45) is 17.2. The van der Waals surface area contributed by atoms with Gasteiger partial charge in [0.15, 0.2) is 6.10 Å². The summed E-state index contributed by atoms with van der Waals surface area (Å²) in [7, 11) is 0. The maximum Gasteiger partial charge on any atom is 0.309 e. The van der Waals surface area contributed by atoms with E-state index in [1.54, 1.807) is 0 Å². The number of carbonyl (C=O) groups is 3. The number of ether oxygens (including phenoxy) is 3. The molecule has 0 spiro atoms. The summed E-state index contributed by atoms with van der Waals surface area (Å²) in [6, 6.07) is 0. The molecule has 3 atom stereocenters. The van der Waals surface area contributed by atoms with Gasteiger partial charge in [0.2, 0.25) is 0 Å². The van der Waals surface area contributed by atoms with Crippen LogP contribution < -0.4 is 0 Å². The molecule has 0 aromatic heterocycles. The van der Waals surface area contributed by atoms with Gasteiger partial charge in [0.25, 0.3) is 0 Å². The molecule has 0 fully saturated rings. The Morgan fingerprint density at radius 2 is 1.00 bits per heavy atom. The second-order valence-corrected chi connectivity index (χ2v) is 10.4. The minimum absolute atomic E-state index is 0.0781. The number of esters is 3. The highest BCUT2D eigenvalue weighted by Gasteiger charge is 2.26. The fourth-order valence-corrected chi connectivity index (χ4v) is 4.39. The van der Waals surface area contributed by atoms with Crippen LogP contribution in [0.25, 0.3) is 0 Å². The van der Waals surface area contributed by atoms with E-state index in [1.807, 2.05) is 13.8 Å². The van der Waals surface area contributed by atoms with Crippen LogP contribution in [0.15, 0.2) is 0 Å². The Labute approximate surface area is 228 Å². The average molecular weight is 527 g/mol. The first-order valence-electron chi connectivity index (χ1n) is 15.5. The highest BCUT2D eigenvalue weighted by atomic mass is 16.6. The van der Waals surface area contributed by atoms with Crippen molar-refractivity contribution in [3.8, 4) is 0 Å². The molecule has 0 radical (unpaired) electrons. The summed E-state index contributed by atoms with van der Waals surface area (Å²) in [4.78, 5) is 37.6. The van der Waals surface area contributed by atoms with Gasteiger partial charge in [-0.2, -0.15) is 0 Å². The third-order valence-electron chi connectivity index (χ3n) is 7.07. The predicted molar refractivity (Wildman–Crippen MR) is 150 cm³/mol. The molecule has 218 valence electrons. The molecule has 3 unspecified atom stereocenters. The van der Waals surface area contributed by atoms with Crippen molar-refractivity contribution in [1.82, 2.24) is 0 Å². The molecule has 0 aliphatic heterocycles. The lowest BCUT2D eigenvalue weighted by Crippen LogP contribution is -2.34. The van der Waals surface area contributed by atoms with E-state index in [4.69, 9.17) is 14.2 Å². The summed E-state index contributed by atoms with van der Waals surface area (Å²) in [5, 5.41) is 0. The molecule has 0 aliphatic rings. The Hall–Kier alpha value is -1.59. The Balaban J connectivity index is 4.66. The van der Waals surface area contributed by atoms with Gasteiger partial charge in [-0.3, -0.25) is 14.4 Å². The number of unbranched alkanes of at least 4 members (excludes halogenated alkanes) is 10. The number of carbonyl (C=O) groups excluding carboxylic acids is 3. The van der Waals surface area contributed by atoms with Crippen LogP contribution in [0, 0.1) is 11.8 Å². The first kappa shape index (κ1) is 35.4. The van der Waals surface area contributed by atoms with E-state index in [2.05, 4.69) is 20.8 Å². The van der Waals surface area contributed by atoms with Crippen molar-refractivity contribution >= 4 is 17.9 Å². The largest absolute Gasteiger partial charge is 0.462 e. The summed E-state index contributed by atoms with van der Waals surface area (Å²) in [6.45, 7) is 10.2. The molecule has 0 amide bonds. The van der Waals surface area contributed by atoms with Crippen molar-refractivity contribution in [2.75, 3.05) is 13.2 Å². The Morgan fingerprint density at radius 3 is 1.51 bits per heavy atom. The summed E-state index contributed by atoms with van der Waals surface area (Å²) < 4.78 is 16.7. The molecule has 0 aromatic rings. The van der Waals surface area contributed by atoms with Crippen LogP contribution in [-0.2, 0) is 28.6 Å². The van der Waals surface area contributed by atoms with Gasteiger partial charge in [0.05, 0.1) is 11.8 Å². The molecule has 6 heteroatoms. The molecule has 0 aliphatic carbocycles. The lowest BCUT2D eigenvalue weighted by atomic mass is 9.99. The number of hydrogen-bond donors (Lipinski definition) is 0. The molecule has 0 bridgehead atoms. The third kappa shape index (κ3) is 19.2. The Morgan fingerprint density at radius 1 is 0.541 bits per heavy atom. The summed E-state index contributed by atoms with van der Waals surface area (Å²) in [5.41, 5.74) is 0. The lowest BCUT2D eigenvalue weighted by molar-refractivity contribution is -0.171. The fraction of sp³-hybridized carbons (Fsp3) is 0.903. The van der Waals surface area contributed by atoms with E-state index in [0.717, 1.165) is 57.8 Å². The zero-order valence-electron chi connectivity index (χ0n) is 24.8. The minimum Gasteiger partial charge on any atom is -0.462 e. The molecule has 0 saturated heterocycles. The van der Waals surface area contributed by atoms with E-state index in [0.29, 0.717) is 19.3 Å². The van der Waals surface area contributed by atoms with E-state index in [-0.39, 0.29) is 43.0 Å². The van der Waals surface area contributed by atoms with Crippen LogP contribution in [-0.4, -0.2) is 37.2 Å². The maximum atomic E-state index is 12.8. The van der Waals surface area contributed by atoms with Gasteiger partial charge in [-0.05, 0) is 32.1 Å². The minimum atomic E-state index is -0.775. The number of hydrogen-bond acceptors (Lipinski definition) is 6. The normalized spacial score (nSPS) is 13.5. The molecule has 6 nitrogen and oxygen atoms in total. The average Bonchev–Trinajstić information content (AvgIpc) is 2.90. The maximum absolute atomic E-state index is 12.8. The molecule has 0 N–H and O–H groups in total. The monoisotopic (exact) mass is 526 g/mol. The van der Waals surface area contributed by atoms with Crippen LogP contribution in [0.3, 0.4) is 0 Å². The zero-order chi connectivity index (χ0) is 27.7. The van der Waals surface area contributed by atoms with Gasteiger partial charge in [0.1, 0.15) is 13.2 Å². The smallest absolute Gasteiger partial charge is 0.309 e. The first-order valence-corrected chi connectivity index (χ1v) is 15.5. The Kier molecular flexibility index (Phi) is 23.7. The molecule has 0 rings (SSSR count). The standard InChI is InChI=1S/C31H58O6/c1-6-11-14-15-16-17-18-19-20-23-29(32)35-24-28(37-31(34)27(10-5)22-13-8-3)25-36-30(33)26(9-4)21-12-7-2/h26-28H,6-25H2,1-5H3. The van der Waals surface area contributed by atoms with Crippen molar-refractivity contribution in [3.05, 3.63) is 0 Å². The summed E-state index contributed by atoms with van der Waals surface area (Å²) >= 11 is 0. The van der Waals surface area contributed by atoms with E-state index in [9.17, 15) is 14.4 Å². The van der Waals surface area contributed by atoms with Crippen LogP contribution in [0.5, 0.6) is 0 Å². The van der Waals surface area contributed by atoms with Crippen molar-refractivity contribution in [2.24, 2.45) is 11.8 Å². The van der Waals surface area contributed by atoms with E-state index in [1.165, 1.54) is 38.5 Å². The number of rotatable bonds is 25. The fourth-order valence-electron chi connectivity index (χ4n) is 4.39. The first-order chi connectivity index (χ1) is 17.9. The predicted octanol–water partition coefficient (Wildman–Crippen LogP) is 8.34. The molecule has 0 saturated carbocycles. The van der Waals surface area contributed by atoms with E-state index < -0.39 is 6.10 Å². The van der Waals surface area contributed by atoms with Gasteiger partial charge >= 0.3 is 17.9 Å². The van der Waals surface area contributed by atoms with Gasteiger partial charge in [-0.15, -0.1) is 0 Å². The molecular weight excluding hydrogens is 468 g/mol. The van der Waals surface area contributed by atoms with Gasteiger partial charge in [-0.1, -0.05) is 112 Å². The second-order valence-electron chi connectivity index (χ2n) is 10.4. The van der Waals surface area contributed by atoms with Crippen molar-refractivity contribution in [3.63, 3.8) is 0 Å². The quantitative estimate of drug-likeness (QED) is 0.0676. The second kappa shape index (κ2) is 24.7. The van der Waals surface area contributed by atoms with Crippen molar-refractivity contribution in [1.29, 1.82) is 0 Å². The SMILES string of the molecule is CCCCCCCCCCCC(=O)OCC(COC(=O)C(CC)CCCC)OC(=O)C(CC)CCCC. The molecule has 0 heterocycles. The Bertz CT molecular complexity index is 576. The zero-order valence-corrected chi connectivity index (χ0v) is 24.8. The van der Waals surface area contributed by atoms with Crippen LogP contribution >= 0.6 is 0 Å². The third-order valence-corrected chi connectivity index (χ3v) is 7.07. The molecule has 0 aromatic carbocycles. The van der Waals surface area contributed by atoms with Crippen LogP contribution in [0.2, 0.25) is 0 Å². The highest BCUT2D eigenvalue weighted by molar-refractivity contribution is 5.73.